The van der Waals surface area contributed by atoms with Gasteiger partial charge in [-0.2, -0.15) is 13.2 Å². The Bertz CT molecular complexity index is 661. The summed E-state index contributed by atoms with van der Waals surface area (Å²) in [6, 6.07) is 5.51. The summed E-state index contributed by atoms with van der Waals surface area (Å²) in [5, 5.41) is 0. The van der Waals surface area contributed by atoms with Crippen molar-refractivity contribution < 1.29 is 17.6 Å². The molecule has 1 aliphatic rings. The summed E-state index contributed by atoms with van der Waals surface area (Å²) in [4.78, 5) is 8.48. The summed E-state index contributed by atoms with van der Waals surface area (Å²) in [6.45, 7) is 5.45. The molecule has 0 saturated carbocycles. The van der Waals surface area contributed by atoms with E-state index in [1.807, 2.05) is 4.90 Å². The van der Waals surface area contributed by atoms with Gasteiger partial charge in [-0.25, -0.2) is 4.98 Å². The second-order valence-electron chi connectivity index (χ2n) is 5.67. The summed E-state index contributed by atoms with van der Waals surface area (Å²) >= 11 is 0. The lowest BCUT2D eigenvalue weighted by molar-refractivity contribution is -0.137. The number of oxazole rings is 1. The molecule has 0 radical (unpaired) electrons. The number of halogens is 3. The van der Waals surface area contributed by atoms with Crippen LogP contribution in [0, 0.1) is 6.92 Å². The smallest absolute Gasteiger partial charge is 0.416 e. The number of anilines is 1. The first-order valence-electron chi connectivity index (χ1n) is 7.47. The van der Waals surface area contributed by atoms with E-state index in [4.69, 9.17) is 4.42 Å². The first-order valence-corrected chi connectivity index (χ1v) is 7.47. The molecule has 0 bridgehead atoms. The molecule has 0 atom stereocenters. The SMILES string of the molecule is Cc1nc(CN2CCN(c3cccc(C(F)(F)F)c3)CC2)co1. The number of alkyl halides is 3. The zero-order valence-corrected chi connectivity index (χ0v) is 12.8. The Morgan fingerprint density at radius 1 is 1.17 bits per heavy atom. The minimum Gasteiger partial charge on any atom is -0.449 e. The summed E-state index contributed by atoms with van der Waals surface area (Å²) in [5.74, 6) is 0.641. The third-order valence-corrected chi connectivity index (χ3v) is 3.96. The fraction of sp³-hybridized carbons (Fsp3) is 0.438. The van der Waals surface area contributed by atoms with Crippen molar-refractivity contribution in [1.82, 2.24) is 9.88 Å². The zero-order valence-electron chi connectivity index (χ0n) is 12.8. The third kappa shape index (κ3) is 3.85. The van der Waals surface area contributed by atoms with E-state index in [-0.39, 0.29) is 0 Å². The quantitative estimate of drug-likeness (QED) is 0.866. The molecule has 1 aliphatic heterocycles. The molecule has 0 N–H and O–H groups in total. The van der Waals surface area contributed by atoms with Gasteiger partial charge in [-0.05, 0) is 18.2 Å². The van der Waals surface area contributed by atoms with Crippen LogP contribution in [0.1, 0.15) is 17.1 Å². The summed E-state index contributed by atoms with van der Waals surface area (Å²) < 4.78 is 43.6. The number of benzene rings is 1. The molecule has 3 rings (SSSR count). The third-order valence-electron chi connectivity index (χ3n) is 3.96. The molecule has 1 saturated heterocycles. The van der Waals surface area contributed by atoms with Crippen LogP contribution in [0.25, 0.3) is 0 Å². The topological polar surface area (TPSA) is 32.5 Å². The van der Waals surface area contributed by atoms with Crippen LogP contribution in [0.2, 0.25) is 0 Å². The zero-order chi connectivity index (χ0) is 16.4. The van der Waals surface area contributed by atoms with Gasteiger partial charge >= 0.3 is 6.18 Å². The molecule has 124 valence electrons. The number of aromatic nitrogens is 1. The van der Waals surface area contributed by atoms with Crippen LogP contribution in [0.15, 0.2) is 34.9 Å². The Hall–Kier alpha value is -2.02. The van der Waals surface area contributed by atoms with Crippen molar-refractivity contribution in [2.45, 2.75) is 19.6 Å². The molecule has 0 aliphatic carbocycles. The maximum Gasteiger partial charge on any atom is 0.416 e. The molecule has 0 unspecified atom stereocenters. The van der Waals surface area contributed by atoms with E-state index in [0.29, 0.717) is 31.2 Å². The van der Waals surface area contributed by atoms with Crippen molar-refractivity contribution in [3.63, 3.8) is 0 Å². The summed E-state index contributed by atoms with van der Waals surface area (Å²) in [5.41, 5.74) is 0.905. The number of hydrogen-bond acceptors (Lipinski definition) is 4. The monoisotopic (exact) mass is 325 g/mol. The molecule has 23 heavy (non-hydrogen) atoms. The highest BCUT2D eigenvalue weighted by atomic mass is 19.4. The van der Waals surface area contributed by atoms with Gasteiger partial charge in [-0.3, -0.25) is 4.90 Å². The van der Waals surface area contributed by atoms with Crippen molar-refractivity contribution >= 4 is 5.69 Å². The van der Waals surface area contributed by atoms with Gasteiger partial charge in [0, 0.05) is 45.3 Å². The van der Waals surface area contributed by atoms with E-state index in [2.05, 4.69) is 9.88 Å². The predicted octanol–water partition coefficient (Wildman–Crippen LogP) is 3.32. The van der Waals surface area contributed by atoms with E-state index in [1.54, 1.807) is 19.3 Å². The van der Waals surface area contributed by atoms with Gasteiger partial charge in [0.1, 0.15) is 6.26 Å². The molecule has 1 fully saturated rings. The molecular weight excluding hydrogens is 307 g/mol. The summed E-state index contributed by atoms with van der Waals surface area (Å²) in [7, 11) is 0. The average molecular weight is 325 g/mol. The van der Waals surface area contributed by atoms with Crippen molar-refractivity contribution in [3.05, 3.63) is 47.7 Å². The van der Waals surface area contributed by atoms with Gasteiger partial charge in [0.15, 0.2) is 5.89 Å². The van der Waals surface area contributed by atoms with Gasteiger partial charge < -0.3 is 9.32 Å². The van der Waals surface area contributed by atoms with Gasteiger partial charge in [-0.1, -0.05) is 6.07 Å². The van der Waals surface area contributed by atoms with Crippen LogP contribution in [-0.2, 0) is 12.7 Å². The average Bonchev–Trinajstić information content (AvgIpc) is 2.92. The fourth-order valence-electron chi connectivity index (χ4n) is 2.75. The molecule has 0 amide bonds. The maximum atomic E-state index is 12.8. The van der Waals surface area contributed by atoms with Crippen LogP contribution in [-0.4, -0.2) is 36.1 Å². The molecule has 2 heterocycles. The van der Waals surface area contributed by atoms with Crippen molar-refractivity contribution in [2.75, 3.05) is 31.1 Å². The van der Waals surface area contributed by atoms with Crippen molar-refractivity contribution in [3.8, 4) is 0 Å². The Morgan fingerprint density at radius 2 is 1.91 bits per heavy atom. The van der Waals surface area contributed by atoms with Crippen LogP contribution in [0.4, 0.5) is 18.9 Å². The van der Waals surface area contributed by atoms with E-state index in [1.165, 1.54) is 12.1 Å². The van der Waals surface area contributed by atoms with Crippen molar-refractivity contribution in [1.29, 1.82) is 0 Å². The van der Waals surface area contributed by atoms with Crippen LogP contribution in [0.3, 0.4) is 0 Å². The highest BCUT2D eigenvalue weighted by Gasteiger charge is 2.31. The molecule has 1 aromatic heterocycles. The second-order valence-corrected chi connectivity index (χ2v) is 5.67. The standard InChI is InChI=1S/C16H18F3N3O/c1-12-20-14(11-23-12)10-21-5-7-22(8-6-21)15-4-2-3-13(9-15)16(17,18)19/h2-4,9,11H,5-8,10H2,1H3. The molecule has 2 aromatic rings. The first-order chi connectivity index (χ1) is 10.9. The minimum atomic E-state index is -4.30. The second kappa shape index (κ2) is 6.23. The largest absolute Gasteiger partial charge is 0.449 e. The minimum absolute atomic E-state index is 0.601. The lowest BCUT2D eigenvalue weighted by atomic mass is 10.1. The number of nitrogens with zero attached hydrogens (tertiary/aromatic N) is 3. The van der Waals surface area contributed by atoms with E-state index >= 15 is 0 Å². The van der Waals surface area contributed by atoms with Gasteiger partial charge in [0.2, 0.25) is 0 Å². The van der Waals surface area contributed by atoms with Gasteiger partial charge in [-0.15, -0.1) is 0 Å². The number of piperazine rings is 1. The van der Waals surface area contributed by atoms with E-state index in [0.717, 1.165) is 24.8 Å². The van der Waals surface area contributed by atoms with E-state index < -0.39 is 11.7 Å². The molecular formula is C16H18F3N3O. The lowest BCUT2D eigenvalue weighted by Gasteiger charge is -2.36. The van der Waals surface area contributed by atoms with E-state index in [9.17, 15) is 13.2 Å². The highest BCUT2D eigenvalue weighted by molar-refractivity contribution is 5.49. The number of hydrogen-bond donors (Lipinski definition) is 0. The van der Waals surface area contributed by atoms with Gasteiger partial charge in [0.05, 0.1) is 11.3 Å². The number of aryl methyl sites for hydroxylation is 1. The number of rotatable bonds is 3. The first kappa shape index (κ1) is 15.9. The van der Waals surface area contributed by atoms with Crippen LogP contribution < -0.4 is 4.90 Å². The molecule has 1 aromatic carbocycles. The molecule has 4 nitrogen and oxygen atoms in total. The lowest BCUT2D eigenvalue weighted by Crippen LogP contribution is -2.46. The maximum absolute atomic E-state index is 12.8. The van der Waals surface area contributed by atoms with Crippen LogP contribution in [0.5, 0.6) is 0 Å². The predicted molar refractivity (Wildman–Crippen MR) is 80.2 cm³/mol. The summed E-state index contributed by atoms with van der Waals surface area (Å²) in [6.07, 6.45) is -2.66. The van der Waals surface area contributed by atoms with Crippen LogP contribution >= 0.6 is 0 Å². The molecule has 0 spiro atoms. The normalized spacial score (nSPS) is 16.8. The van der Waals surface area contributed by atoms with Gasteiger partial charge in [0.25, 0.3) is 0 Å². The fourth-order valence-corrected chi connectivity index (χ4v) is 2.75. The Kier molecular flexibility index (Phi) is 4.30. The Balaban J connectivity index is 1.60. The Morgan fingerprint density at radius 3 is 2.52 bits per heavy atom. The highest BCUT2D eigenvalue weighted by Crippen LogP contribution is 2.31. The Labute approximate surface area is 132 Å². The molecule has 7 heteroatoms. The van der Waals surface area contributed by atoms with Crippen molar-refractivity contribution in [2.24, 2.45) is 0 Å².